The average molecular weight is 268 g/mol. The van der Waals surface area contributed by atoms with Gasteiger partial charge in [-0.3, -0.25) is 14.5 Å². The van der Waals surface area contributed by atoms with Gasteiger partial charge in [-0.2, -0.15) is 0 Å². The number of rotatable bonds is 3. The Hall–Kier alpha value is -1.10. The monoisotopic (exact) mass is 268 g/mol. The van der Waals surface area contributed by atoms with Crippen molar-refractivity contribution in [2.75, 3.05) is 26.2 Å². The number of likely N-dealkylation sites (tertiary alicyclic amines) is 2. The molecule has 1 N–H and O–H groups in total. The van der Waals surface area contributed by atoms with Gasteiger partial charge in [0.2, 0.25) is 5.91 Å². The first kappa shape index (κ1) is 14.3. The van der Waals surface area contributed by atoms with Crippen LogP contribution in [0.25, 0.3) is 0 Å². The Morgan fingerprint density at radius 2 is 2.05 bits per heavy atom. The highest BCUT2D eigenvalue weighted by Crippen LogP contribution is 2.30. The zero-order valence-corrected chi connectivity index (χ0v) is 11.9. The van der Waals surface area contributed by atoms with Crippen molar-refractivity contribution in [2.45, 2.75) is 45.6 Å². The van der Waals surface area contributed by atoms with Crippen LogP contribution in [0.3, 0.4) is 0 Å². The molecule has 1 amide bonds. The number of carbonyl (C=O) groups excluding carboxylic acids is 1. The van der Waals surface area contributed by atoms with Crippen molar-refractivity contribution < 1.29 is 14.7 Å². The van der Waals surface area contributed by atoms with Crippen LogP contribution in [0.5, 0.6) is 0 Å². The van der Waals surface area contributed by atoms with Crippen molar-refractivity contribution in [1.29, 1.82) is 0 Å². The zero-order valence-electron chi connectivity index (χ0n) is 11.9. The van der Waals surface area contributed by atoms with Gasteiger partial charge in [-0.05, 0) is 46.1 Å². The summed E-state index contributed by atoms with van der Waals surface area (Å²) >= 11 is 0. The molecule has 2 heterocycles. The normalized spacial score (nSPS) is 32.5. The molecular weight excluding hydrogens is 244 g/mol. The molecule has 2 atom stereocenters. The molecule has 0 aromatic carbocycles. The number of aliphatic carboxylic acids is 1. The second-order valence-corrected chi connectivity index (χ2v) is 6.26. The summed E-state index contributed by atoms with van der Waals surface area (Å²) in [5, 5.41) is 9.19. The summed E-state index contributed by atoms with van der Waals surface area (Å²) in [7, 11) is 0. The van der Waals surface area contributed by atoms with Gasteiger partial charge in [0.15, 0.2) is 0 Å². The predicted octanol–water partition coefficient (Wildman–Crippen LogP) is 1.18. The van der Waals surface area contributed by atoms with Crippen LogP contribution in [-0.2, 0) is 9.59 Å². The van der Waals surface area contributed by atoms with E-state index in [1.54, 1.807) is 6.92 Å². The molecule has 108 valence electrons. The molecule has 2 aliphatic heterocycles. The fourth-order valence-electron chi connectivity index (χ4n) is 3.12. The van der Waals surface area contributed by atoms with Gasteiger partial charge in [0.05, 0.1) is 12.0 Å². The van der Waals surface area contributed by atoms with E-state index >= 15 is 0 Å². The SMILES string of the molecule is CC1CCCCN1C(=O)CN1CCC(C)(C(=O)O)C1. The molecular formula is C14H24N2O3. The third kappa shape index (κ3) is 3.08. The maximum absolute atomic E-state index is 12.3. The van der Waals surface area contributed by atoms with Crippen molar-refractivity contribution >= 4 is 11.9 Å². The van der Waals surface area contributed by atoms with Crippen LogP contribution in [0.15, 0.2) is 0 Å². The van der Waals surface area contributed by atoms with E-state index in [1.165, 1.54) is 6.42 Å². The average Bonchev–Trinajstić information content (AvgIpc) is 2.73. The van der Waals surface area contributed by atoms with Gasteiger partial charge in [-0.15, -0.1) is 0 Å². The lowest BCUT2D eigenvalue weighted by molar-refractivity contribution is -0.147. The van der Waals surface area contributed by atoms with Crippen LogP contribution < -0.4 is 0 Å². The first-order valence-electron chi connectivity index (χ1n) is 7.17. The highest BCUT2D eigenvalue weighted by Gasteiger charge is 2.41. The standard InChI is InChI=1S/C14H24N2O3/c1-11-5-3-4-7-16(11)12(17)9-15-8-6-14(2,10-15)13(18)19/h11H,3-10H2,1-2H3,(H,18,19). The van der Waals surface area contributed by atoms with Crippen LogP contribution in [-0.4, -0.2) is 59.0 Å². The molecule has 0 aromatic rings. The molecule has 2 unspecified atom stereocenters. The summed E-state index contributed by atoms with van der Waals surface area (Å²) < 4.78 is 0. The summed E-state index contributed by atoms with van der Waals surface area (Å²) in [5.74, 6) is -0.601. The van der Waals surface area contributed by atoms with Gasteiger partial charge in [0, 0.05) is 19.1 Å². The van der Waals surface area contributed by atoms with Crippen molar-refractivity contribution in [1.82, 2.24) is 9.80 Å². The number of hydrogen-bond donors (Lipinski definition) is 1. The lowest BCUT2D eigenvalue weighted by Crippen LogP contribution is -2.47. The minimum atomic E-state index is -0.756. The summed E-state index contributed by atoms with van der Waals surface area (Å²) in [6, 6.07) is 0.328. The van der Waals surface area contributed by atoms with Gasteiger partial charge in [0.25, 0.3) is 0 Å². The predicted molar refractivity (Wildman–Crippen MR) is 71.8 cm³/mol. The summed E-state index contributed by atoms with van der Waals surface area (Å²) in [5.41, 5.74) is -0.687. The number of hydrogen-bond acceptors (Lipinski definition) is 3. The Morgan fingerprint density at radius 3 is 2.63 bits per heavy atom. The van der Waals surface area contributed by atoms with Gasteiger partial charge >= 0.3 is 5.97 Å². The second-order valence-electron chi connectivity index (χ2n) is 6.26. The van der Waals surface area contributed by atoms with Crippen molar-refractivity contribution in [2.24, 2.45) is 5.41 Å². The molecule has 0 bridgehead atoms. The van der Waals surface area contributed by atoms with Gasteiger partial charge in [-0.25, -0.2) is 0 Å². The van der Waals surface area contributed by atoms with Crippen LogP contribution in [0, 0.1) is 5.41 Å². The molecule has 0 aliphatic carbocycles. The largest absolute Gasteiger partial charge is 0.481 e. The maximum atomic E-state index is 12.3. The molecule has 5 nitrogen and oxygen atoms in total. The Labute approximate surface area is 114 Å². The number of nitrogens with zero attached hydrogens (tertiary/aromatic N) is 2. The van der Waals surface area contributed by atoms with E-state index in [-0.39, 0.29) is 5.91 Å². The van der Waals surface area contributed by atoms with Crippen LogP contribution in [0.4, 0.5) is 0 Å². The lowest BCUT2D eigenvalue weighted by atomic mass is 9.90. The lowest BCUT2D eigenvalue weighted by Gasteiger charge is -2.34. The van der Waals surface area contributed by atoms with Crippen LogP contribution >= 0.6 is 0 Å². The van der Waals surface area contributed by atoms with Crippen molar-refractivity contribution in [3.05, 3.63) is 0 Å². The van der Waals surface area contributed by atoms with Gasteiger partial charge in [0.1, 0.15) is 0 Å². The number of piperidine rings is 1. The van der Waals surface area contributed by atoms with Crippen LogP contribution in [0.1, 0.15) is 39.5 Å². The first-order valence-corrected chi connectivity index (χ1v) is 7.17. The summed E-state index contributed by atoms with van der Waals surface area (Å²) in [6.45, 7) is 6.27. The molecule has 0 aromatic heterocycles. The number of amides is 1. The smallest absolute Gasteiger partial charge is 0.310 e. The zero-order chi connectivity index (χ0) is 14.0. The Balaban J connectivity index is 1.88. The minimum absolute atomic E-state index is 0.154. The molecule has 2 saturated heterocycles. The van der Waals surface area contributed by atoms with Gasteiger partial charge < -0.3 is 10.0 Å². The molecule has 0 radical (unpaired) electrons. The first-order chi connectivity index (χ1) is 8.92. The fourth-order valence-corrected chi connectivity index (χ4v) is 3.12. The highest BCUT2D eigenvalue weighted by atomic mass is 16.4. The number of carboxylic acids is 1. The summed E-state index contributed by atoms with van der Waals surface area (Å²) in [4.78, 5) is 27.4. The van der Waals surface area contributed by atoms with E-state index in [9.17, 15) is 14.7 Å². The molecule has 2 rings (SSSR count). The van der Waals surface area contributed by atoms with Crippen LogP contribution in [0.2, 0.25) is 0 Å². The Morgan fingerprint density at radius 1 is 1.32 bits per heavy atom. The highest BCUT2D eigenvalue weighted by molar-refractivity contribution is 5.79. The van der Waals surface area contributed by atoms with Crippen molar-refractivity contribution in [3.8, 4) is 0 Å². The quantitative estimate of drug-likeness (QED) is 0.835. The minimum Gasteiger partial charge on any atom is -0.481 e. The summed E-state index contributed by atoms with van der Waals surface area (Å²) in [6.07, 6.45) is 4.00. The van der Waals surface area contributed by atoms with E-state index in [2.05, 4.69) is 6.92 Å². The van der Waals surface area contributed by atoms with Crippen molar-refractivity contribution in [3.63, 3.8) is 0 Å². The van der Waals surface area contributed by atoms with E-state index in [0.29, 0.717) is 32.1 Å². The Kier molecular flexibility index (Phi) is 4.13. The second kappa shape index (κ2) is 5.49. The van der Waals surface area contributed by atoms with E-state index in [4.69, 9.17) is 0 Å². The third-order valence-electron chi connectivity index (χ3n) is 4.55. The van der Waals surface area contributed by atoms with E-state index in [1.807, 2.05) is 9.80 Å². The molecule has 2 aliphatic rings. The topological polar surface area (TPSA) is 60.9 Å². The van der Waals surface area contributed by atoms with E-state index < -0.39 is 11.4 Å². The molecule has 5 heteroatoms. The fraction of sp³-hybridized carbons (Fsp3) is 0.857. The third-order valence-corrected chi connectivity index (χ3v) is 4.55. The molecule has 0 saturated carbocycles. The molecule has 2 fully saturated rings. The maximum Gasteiger partial charge on any atom is 0.310 e. The number of carboxylic acid groups (broad SMARTS) is 1. The van der Waals surface area contributed by atoms with E-state index in [0.717, 1.165) is 19.4 Å². The Bertz CT molecular complexity index is 372. The molecule has 0 spiro atoms. The van der Waals surface area contributed by atoms with Gasteiger partial charge in [-0.1, -0.05) is 0 Å². The number of carbonyl (C=O) groups is 2. The molecule has 19 heavy (non-hydrogen) atoms.